The molecule has 3 aromatic rings. The minimum Gasteiger partial charge on any atom is -0.360 e. The highest BCUT2D eigenvalue weighted by Crippen LogP contribution is 2.27. The fourth-order valence-electron chi connectivity index (χ4n) is 2.00. The molecule has 0 spiro atoms. The van der Waals surface area contributed by atoms with Gasteiger partial charge in [0.15, 0.2) is 0 Å². The number of aromatic nitrogens is 1. The Balaban J connectivity index is 2.12. The number of halogens is 1. The zero-order valence-corrected chi connectivity index (χ0v) is 11.2. The van der Waals surface area contributed by atoms with E-state index in [0.29, 0.717) is 14.8 Å². The van der Waals surface area contributed by atoms with E-state index in [9.17, 15) is 4.79 Å². The zero-order chi connectivity index (χ0) is 12.7. The molecule has 2 aromatic heterocycles. The molecule has 18 heavy (non-hydrogen) atoms. The van der Waals surface area contributed by atoms with E-state index in [2.05, 4.69) is 4.98 Å². The lowest BCUT2D eigenvalue weighted by Gasteiger charge is -1.97. The normalized spacial score (nSPS) is 11.0. The highest BCUT2D eigenvalue weighted by Gasteiger charge is 2.15. The van der Waals surface area contributed by atoms with Crippen LogP contribution in [-0.4, -0.2) is 10.8 Å². The monoisotopic (exact) mass is 275 g/mol. The van der Waals surface area contributed by atoms with Crippen LogP contribution in [0.3, 0.4) is 0 Å². The quantitative estimate of drug-likeness (QED) is 0.690. The van der Waals surface area contributed by atoms with Crippen LogP contribution in [0.25, 0.3) is 10.9 Å². The van der Waals surface area contributed by atoms with E-state index in [0.717, 1.165) is 10.9 Å². The second-order valence-electron chi connectivity index (χ2n) is 4.18. The van der Waals surface area contributed by atoms with Crippen molar-refractivity contribution < 1.29 is 4.79 Å². The number of carbonyl (C=O) groups is 1. The maximum absolute atomic E-state index is 12.4. The summed E-state index contributed by atoms with van der Waals surface area (Å²) in [7, 11) is 0. The van der Waals surface area contributed by atoms with Crippen LogP contribution in [0.4, 0.5) is 0 Å². The van der Waals surface area contributed by atoms with E-state index in [4.69, 9.17) is 11.6 Å². The Bertz CT molecular complexity index is 741. The first kappa shape index (κ1) is 11.5. The smallest absolute Gasteiger partial charge is 0.205 e. The molecule has 0 unspecified atom stereocenters. The summed E-state index contributed by atoms with van der Waals surface area (Å²) in [6.07, 6.45) is 1.76. The minimum absolute atomic E-state index is 0.0157. The number of aryl methyl sites for hydroxylation is 1. The number of hydrogen-bond donors (Lipinski definition) is 1. The lowest BCUT2D eigenvalue weighted by molar-refractivity contribution is 0.104. The van der Waals surface area contributed by atoms with Crippen molar-refractivity contribution in [1.82, 2.24) is 4.98 Å². The SMILES string of the molecule is Cc1ccc2c(C(=O)c3ccc(Cl)s3)c[nH]c2c1. The highest BCUT2D eigenvalue weighted by molar-refractivity contribution is 7.18. The zero-order valence-electron chi connectivity index (χ0n) is 9.66. The summed E-state index contributed by atoms with van der Waals surface area (Å²) < 4.78 is 0.633. The summed E-state index contributed by atoms with van der Waals surface area (Å²) in [6, 6.07) is 9.53. The van der Waals surface area contributed by atoms with Gasteiger partial charge in [-0.25, -0.2) is 0 Å². The number of hydrogen-bond acceptors (Lipinski definition) is 2. The maximum Gasteiger partial charge on any atom is 0.205 e. The van der Waals surface area contributed by atoms with E-state index in [1.54, 1.807) is 18.3 Å². The third-order valence-electron chi connectivity index (χ3n) is 2.88. The number of H-pyrrole nitrogens is 1. The molecule has 0 amide bonds. The molecule has 2 heterocycles. The first-order valence-electron chi connectivity index (χ1n) is 5.53. The van der Waals surface area contributed by atoms with Crippen molar-refractivity contribution in [1.29, 1.82) is 0 Å². The van der Waals surface area contributed by atoms with Gasteiger partial charge in [0.25, 0.3) is 0 Å². The summed E-state index contributed by atoms with van der Waals surface area (Å²) in [5, 5.41) is 0.954. The summed E-state index contributed by atoms with van der Waals surface area (Å²) in [4.78, 5) is 16.2. The first-order valence-corrected chi connectivity index (χ1v) is 6.72. The topological polar surface area (TPSA) is 32.9 Å². The lowest BCUT2D eigenvalue weighted by atomic mass is 10.1. The van der Waals surface area contributed by atoms with Gasteiger partial charge in [-0.2, -0.15) is 0 Å². The Morgan fingerprint density at radius 2 is 2.11 bits per heavy atom. The number of rotatable bonds is 2. The van der Waals surface area contributed by atoms with Crippen LogP contribution < -0.4 is 0 Å². The summed E-state index contributed by atoms with van der Waals surface area (Å²) >= 11 is 7.17. The molecule has 90 valence electrons. The van der Waals surface area contributed by atoms with Crippen LogP contribution in [0.1, 0.15) is 20.8 Å². The molecule has 0 aliphatic carbocycles. The number of nitrogens with one attached hydrogen (secondary N) is 1. The molecule has 0 fully saturated rings. The third kappa shape index (κ3) is 1.85. The molecular weight excluding hydrogens is 266 g/mol. The van der Waals surface area contributed by atoms with Crippen molar-refractivity contribution in [2.75, 3.05) is 0 Å². The van der Waals surface area contributed by atoms with Gasteiger partial charge in [0.05, 0.1) is 9.21 Å². The van der Waals surface area contributed by atoms with Gasteiger partial charge in [-0.1, -0.05) is 23.7 Å². The second-order valence-corrected chi connectivity index (χ2v) is 5.90. The molecule has 1 N–H and O–H groups in total. The predicted octanol–water partition coefficient (Wildman–Crippen LogP) is 4.42. The predicted molar refractivity (Wildman–Crippen MR) is 75.8 cm³/mol. The summed E-state index contributed by atoms with van der Waals surface area (Å²) in [5.41, 5.74) is 2.85. The number of ketones is 1. The van der Waals surface area contributed by atoms with E-state index in [1.165, 1.54) is 16.9 Å². The maximum atomic E-state index is 12.4. The van der Waals surface area contributed by atoms with Crippen molar-refractivity contribution >= 4 is 39.6 Å². The standard InChI is InChI=1S/C14H10ClNOS/c1-8-2-3-9-10(7-16-11(9)6-8)14(17)12-4-5-13(15)18-12/h2-7,16H,1H3. The number of fused-ring (bicyclic) bond motifs is 1. The number of carbonyl (C=O) groups excluding carboxylic acids is 1. The Hall–Kier alpha value is -1.58. The van der Waals surface area contributed by atoms with E-state index < -0.39 is 0 Å². The molecule has 0 bridgehead atoms. The molecule has 4 heteroatoms. The Morgan fingerprint density at radius 3 is 2.83 bits per heavy atom. The fourth-order valence-corrected chi connectivity index (χ4v) is 2.99. The van der Waals surface area contributed by atoms with Gasteiger partial charge in [-0.05, 0) is 30.7 Å². The van der Waals surface area contributed by atoms with Gasteiger partial charge < -0.3 is 4.98 Å². The van der Waals surface area contributed by atoms with Gasteiger partial charge in [-0.15, -0.1) is 11.3 Å². The molecule has 0 saturated carbocycles. The molecular formula is C14H10ClNOS. The number of aromatic amines is 1. The van der Waals surface area contributed by atoms with Gasteiger partial charge in [-0.3, -0.25) is 4.79 Å². The van der Waals surface area contributed by atoms with Crippen LogP contribution in [0, 0.1) is 6.92 Å². The number of benzene rings is 1. The molecule has 0 radical (unpaired) electrons. The third-order valence-corrected chi connectivity index (χ3v) is 4.11. The molecule has 0 aliphatic rings. The lowest BCUT2D eigenvalue weighted by Crippen LogP contribution is -1.96. The molecule has 1 aromatic carbocycles. The van der Waals surface area contributed by atoms with Gasteiger partial charge in [0, 0.05) is 22.7 Å². The van der Waals surface area contributed by atoms with Crippen LogP contribution >= 0.6 is 22.9 Å². The summed E-state index contributed by atoms with van der Waals surface area (Å²) in [5.74, 6) is 0.0157. The molecule has 3 rings (SSSR count). The van der Waals surface area contributed by atoms with Crippen LogP contribution in [0.2, 0.25) is 4.34 Å². The van der Waals surface area contributed by atoms with Crippen molar-refractivity contribution in [2.45, 2.75) is 6.92 Å². The Morgan fingerprint density at radius 1 is 1.28 bits per heavy atom. The number of thiophene rings is 1. The average Bonchev–Trinajstić information content (AvgIpc) is 2.94. The molecule has 0 atom stereocenters. The van der Waals surface area contributed by atoms with Crippen molar-refractivity contribution in [2.24, 2.45) is 0 Å². The van der Waals surface area contributed by atoms with Crippen LogP contribution in [0.15, 0.2) is 36.5 Å². The Kier molecular flexibility index (Phi) is 2.73. The second kappa shape index (κ2) is 4.26. The van der Waals surface area contributed by atoms with E-state index in [-0.39, 0.29) is 5.78 Å². The molecule has 2 nitrogen and oxygen atoms in total. The van der Waals surface area contributed by atoms with Crippen LogP contribution in [0.5, 0.6) is 0 Å². The average molecular weight is 276 g/mol. The van der Waals surface area contributed by atoms with Crippen LogP contribution in [-0.2, 0) is 0 Å². The van der Waals surface area contributed by atoms with Crippen molar-refractivity contribution in [3.05, 3.63) is 56.9 Å². The molecule has 0 aliphatic heterocycles. The Labute approximate surface area is 113 Å². The highest BCUT2D eigenvalue weighted by atomic mass is 35.5. The van der Waals surface area contributed by atoms with Crippen molar-refractivity contribution in [3.8, 4) is 0 Å². The molecule has 0 saturated heterocycles. The fraction of sp³-hybridized carbons (Fsp3) is 0.0714. The van der Waals surface area contributed by atoms with Gasteiger partial charge in [0.1, 0.15) is 0 Å². The minimum atomic E-state index is 0.0157. The summed E-state index contributed by atoms with van der Waals surface area (Å²) in [6.45, 7) is 2.03. The van der Waals surface area contributed by atoms with E-state index in [1.807, 2.05) is 25.1 Å². The largest absolute Gasteiger partial charge is 0.360 e. The van der Waals surface area contributed by atoms with Crippen molar-refractivity contribution in [3.63, 3.8) is 0 Å². The van der Waals surface area contributed by atoms with E-state index >= 15 is 0 Å². The van der Waals surface area contributed by atoms with Gasteiger partial charge in [0.2, 0.25) is 5.78 Å². The van der Waals surface area contributed by atoms with Gasteiger partial charge >= 0.3 is 0 Å². The first-order chi connectivity index (χ1) is 8.65.